The summed E-state index contributed by atoms with van der Waals surface area (Å²) in [5.41, 5.74) is 2.92. The molecular formula is C25H22F3N5O3S. The molecule has 12 heteroatoms. The summed E-state index contributed by atoms with van der Waals surface area (Å²) >= 11 is 0. The molecule has 0 saturated carbocycles. The van der Waals surface area contributed by atoms with Crippen molar-refractivity contribution in [3.05, 3.63) is 72.3 Å². The van der Waals surface area contributed by atoms with Crippen LogP contribution in [0.3, 0.4) is 0 Å². The number of nitrogens with zero attached hydrogens (tertiary/aromatic N) is 3. The van der Waals surface area contributed by atoms with Gasteiger partial charge in [-0.1, -0.05) is 6.07 Å². The van der Waals surface area contributed by atoms with Gasteiger partial charge in [0.15, 0.2) is 4.90 Å². The number of benzene rings is 2. The summed E-state index contributed by atoms with van der Waals surface area (Å²) in [6, 6.07) is 9.59. The van der Waals surface area contributed by atoms with E-state index >= 15 is 0 Å². The number of ether oxygens (including phenoxy) is 1. The van der Waals surface area contributed by atoms with Gasteiger partial charge in [0.25, 0.3) is 10.0 Å². The molecule has 2 aromatic heterocycles. The molecule has 1 aliphatic heterocycles. The Hall–Kier alpha value is -3.90. The largest absolute Gasteiger partial charge is 0.480 e. The Morgan fingerprint density at radius 1 is 0.973 bits per heavy atom. The lowest BCUT2D eigenvalue weighted by Crippen LogP contribution is -2.43. The lowest BCUT2D eigenvalue weighted by Gasteiger charge is -2.30. The number of nitrogens with one attached hydrogen (secondary N) is 2. The third-order valence-electron chi connectivity index (χ3n) is 6.03. The quantitative estimate of drug-likeness (QED) is 0.391. The average molecular weight is 530 g/mol. The predicted octanol–water partition coefficient (Wildman–Crippen LogP) is 3.93. The second kappa shape index (κ2) is 9.87. The Balaban J connectivity index is 1.55. The van der Waals surface area contributed by atoms with Gasteiger partial charge in [0.2, 0.25) is 5.88 Å². The molecule has 4 aromatic rings. The highest BCUT2D eigenvalue weighted by Gasteiger charge is 2.27. The molecule has 0 atom stereocenters. The van der Waals surface area contributed by atoms with Gasteiger partial charge in [-0.2, -0.15) is 0 Å². The van der Waals surface area contributed by atoms with Crippen LogP contribution < -0.4 is 19.7 Å². The smallest absolute Gasteiger partial charge is 0.267 e. The fourth-order valence-electron chi connectivity index (χ4n) is 4.32. The van der Waals surface area contributed by atoms with E-state index in [1.165, 1.54) is 19.4 Å². The zero-order valence-corrected chi connectivity index (χ0v) is 20.4. The van der Waals surface area contributed by atoms with Gasteiger partial charge in [-0.25, -0.2) is 26.6 Å². The van der Waals surface area contributed by atoms with Gasteiger partial charge >= 0.3 is 0 Å². The number of sulfonamides is 1. The number of halogens is 3. The molecule has 1 fully saturated rings. The molecule has 0 radical (unpaired) electrons. The molecule has 0 amide bonds. The second-order valence-electron chi connectivity index (χ2n) is 8.38. The fraction of sp³-hybridized carbons (Fsp3) is 0.200. The number of piperazine rings is 1. The minimum absolute atomic E-state index is 0.112. The standard InChI is InChI=1S/C25H22F3N5O3S/c1-36-25-22(32-37(34,35)24-19(27)12-17(26)13-20(24)28)11-16(14-31-25)15-2-3-21-18(10-15)23(4-5-30-21)33-8-6-29-7-9-33/h2-5,10-14,29,32H,6-9H2,1H3. The van der Waals surface area contributed by atoms with Crippen molar-refractivity contribution >= 4 is 32.3 Å². The first kappa shape index (κ1) is 24.8. The van der Waals surface area contributed by atoms with Crippen LogP contribution in [0.4, 0.5) is 24.5 Å². The molecule has 0 bridgehead atoms. The number of pyridine rings is 2. The van der Waals surface area contributed by atoms with Crippen molar-refractivity contribution in [1.82, 2.24) is 15.3 Å². The van der Waals surface area contributed by atoms with Crippen molar-refractivity contribution < 1.29 is 26.3 Å². The van der Waals surface area contributed by atoms with Crippen LogP contribution in [0, 0.1) is 17.5 Å². The van der Waals surface area contributed by atoms with Crippen molar-refractivity contribution in [2.45, 2.75) is 4.90 Å². The van der Waals surface area contributed by atoms with E-state index in [9.17, 15) is 21.6 Å². The molecule has 0 unspecified atom stereocenters. The average Bonchev–Trinajstić information content (AvgIpc) is 2.87. The van der Waals surface area contributed by atoms with Crippen LogP contribution in [-0.4, -0.2) is 51.7 Å². The molecule has 8 nitrogen and oxygen atoms in total. The lowest BCUT2D eigenvalue weighted by atomic mass is 10.0. The number of fused-ring (bicyclic) bond motifs is 1. The van der Waals surface area contributed by atoms with Crippen molar-refractivity contribution in [3.63, 3.8) is 0 Å². The van der Waals surface area contributed by atoms with Crippen molar-refractivity contribution in [2.24, 2.45) is 0 Å². The molecule has 0 aliphatic carbocycles. The zero-order valence-electron chi connectivity index (χ0n) is 19.6. The highest BCUT2D eigenvalue weighted by atomic mass is 32.2. The van der Waals surface area contributed by atoms with Crippen molar-refractivity contribution in [3.8, 4) is 17.0 Å². The zero-order chi connectivity index (χ0) is 26.2. The molecule has 1 aliphatic rings. The van der Waals surface area contributed by atoms with E-state index < -0.39 is 32.4 Å². The second-order valence-corrected chi connectivity index (χ2v) is 10.0. The molecule has 5 rings (SSSR count). The molecule has 37 heavy (non-hydrogen) atoms. The van der Waals surface area contributed by atoms with Crippen molar-refractivity contribution in [2.75, 3.05) is 42.9 Å². The molecular weight excluding hydrogens is 507 g/mol. The summed E-state index contributed by atoms with van der Waals surface area (Å²) in [6.07, 6.45) is 3.26. The third kappa shape index (κ3) is 4.89. The Morgan fingerprint density at radius 2 is 1.70 bits per heavy atom. The summed E-state index contributed by atoms with van der Waals surface area (Å²) in [5.74, 6) is -4.47. The SMILES string of the molecule is COc1ncc(-c2ccc3nccc(N4CCNCC4)c3c2)cc1NS(=O)(=O)c1c(F)cc(F)cc1F. The maximum Gasteiger partial charge on any atom is 0.267 e. The number of aromatic nitrogens is 2. The topological polar surface area (TPSA) is 96.5 Å². The maximum atomic E-state index is 14.2. The number of methoxy groups -OCH3 is 1. The first-order chi connectivity index (χ1) is 17.8. The van der Waals surface area contributed by atoms with E-state index in [0.717, 1.165) is 42.8 Å². The first-order valence-electron chi connectivity index (χ1n) is 11.3. The molecule has 2 N–H and O–H groups in total. The Kier molecular flexibility index (Phi) is 6.61. The van der Waals surface area contributed by atoms with Gasteiger partial charge in [0.1, 0.15) is 23.1 Å². The molecule has 0 spiro atoms. The predicted molar refractivity (Wildman–Crippen MR) is 134 cm³/mol. The Morgan fingerprint density at radius 3 is 2.41 bits per heavy atom. The van der Waals surface area contributed by atoms with E-state index in [1.54, 1.807) is 6.20 Å². The van der Waals surface area contributed by atoms with Gasteiger partial charge < -0.3 is 15.0 Å². The highest BCUT2D eigenvalue weighted by molar-refractivity contribution is 7.92. The first-order valence-corrected chi connectivity index (χ1v) is 12.8. The van der Waals surface area contributed by atoms with Crippen LogP contribution >= 0.6 is 0 Å². The highest BCUT2D eigenvalue weighted by Crippen LogP contribution is 2.34. The summed E-state index contributed by atoms with van der Waals surface area (Å²) in [6.45, 7) is 3.42. The van der Waals surface area contributed by atoms with Crippen LogP contribution in [0.5, 0.6) is 5.88 Å². The van der Waals surface area contributed by atoms with Gasteiger partial charge in [0.05, 0.1) is 12.6 Å². The number of rotatable bonds is 6. The van der Waals surface area contributed by atoms with E-state index in [1.807, 2.05) is 24.3 Å². The van der Waals surface area contributed by atoms with Crippen LogP contribution in [0.15, 0.2) is 59.8 Å². The molecule has 2 aromatic carbocycles. The van der Waals surface area contributed by atoms with E-state index in [-0.39, 0.29) is 11.6 Å². The van der Waals surface area contributed by atoms with Crippen LogP contribution in [0.2, 0.25) is 0 Å². The van der Waals surface area contributed by atoms with Gasteiger partial charge in [0, 0.05) is 67.3 Å². The van der Waals surface area contributed by atoms with Crippen LogP contribution in [0.25, 0.3) is 22.0 Å². The summed E-state index contributed by atoms with van der Waals surface area (Å²) < 4.78 is 74.7. The van der Waals surface area contributed by atoms with Gasteiger partial charge in [-0.15, -0.1) is 0 Å². The van der Waals surface area contributed by atoms with Gasteiger partial charge in [-0.3, -0.25) is 9.71 Å². The minimum Gasteiger partial charge on any atom is -0.480 e. The number of hydrogen-bond donors (Lipinski definition) is 2. The Labute approximate surface area is 211 Å². The summed E-state index contributed by atoms with van der Waals surface area (Å²) in [5, 5.41) is 4.24. The summed E-state index contributed by atoms with van der Waals surface area (Å²) in [7, 11) is -3.51. The monoisotopic (exact) mass is 529 g/mol. The van der Waals surface area contributed by atoms with E-state index in [4.69, 9.17) is 4.74 Å². The van der Waals surface area contributed by atoms with Crippen molar-refractivity contribution in [1.29, 1.82) is 0 Å². The summed E-state index contributed by atoms with van der Waals surface area (Å²) in [4.78, 5) is 9.58. The molecule has 1 saturated heterocycles. The fourth-order valence-corrected chi connectivity index (χ4v) is 5.49. The van der Waals surface area contributed by atoms with Crippen LogP contribution in [-0.2, 0) is 10.0 Å². The minimum atomic E-state index is -4.79. The van der Waals surface area contributed by atoms with Crippen LogP contribution in [0.1, 0.15) is 0 Å². The van der Waals surface area contributed by atoms with E-state index in [2.05, 4.69) is 24.9 Å². The maximum absolute atomic E-state index is 14.2. The lowest BCUT2D eigenvalue weighted by molar-refractivity contribution is 0.400. The molecule has 3 heterocycles. The van der Waals surface area contributed by atoms with Gasteiger partial charge in [-0.05, 0) is 29.8 Å². The van der Waals surface area contributed by atoms with E-state index in [0.29, 0.717) is 23.3 Å². The molecule has 192 valence electrons. The normalized spacial score (nSPS) is 14.1. The third-order valence-corrected chi connectivity index (χ3v) is 7.45. The Bertz CT molecular complexity index is 1570. The number of hydrogen-bond acceptors (Lipinski definition) is 7. The number of anilines is 2.